The molecule has 0 radical (unpaired) electrons. The molecule has 2 aromatic rings. The largest absolute Gasteiger partial charge is 0.440 e. The highest BCUT2D eigenvalue weighted by molar-refractivity contribution is 6.30. The van der Waals surface area contributed by atoms with E-state index in [0.717, 1.165) is 37.7 Å². The minimum absolute atomic E-state index is 0.129. The van der Waals surface area contributed by atoms with Crippen molar-refractivity contribution in [2.24, 2.45) is 11.8 Å². The van der Waals surface area contributed by atoms with Crippen LogP contribution in [-0.2, 0) is 24.5 Å². The predicted molar refractivity (Wildman–Crippen MR) is 162 cm³/mol. The van der Waals surface area contributed by atoms with Gasteiger partial charge >= 0.3 is 6.09 Å². The van der Waals surface area contributed by atoms with E-state index in [9.17, 15) is 23.6 Å². The van der Waals surface area contributed by atoms with Crippen molar-refractivity contribution in [3.05, 3.63) is 70.5 Å². The lowest BCUT2D eigenvalue weighted by atomic mass is 9.76. The number of carbonyl (C=O) groups excluding carboxylic acids is 4. The molecule has 1 aliphatic carbocycles. The van der Waals surface area contributed by atoms with E-state index in [1.54, 1.807) is 24.3 Å². The Morgan fingerprint density at radius 3 is 2.42 bits per heavy atom. The average molecular weight is 614 g/mol. The summed E-state index contributed by atoms with van der Waals surface area (Å²) < 4.78 is 19.9. The number of ether oxygens (including phenoxy) is 1. The maximum Gasteiger partial charge on any atom is 0.408 e. The number of aldehydes is 1. The molecule has 2 aromatic carbocycles. The second-order valence-electron chi connectivity index (χ2n) is 12.3. The molecule has 1 saturated heterocycles. The fourth-order valence-corrected chi connectivity index (χ4v) is 6.38. The van der Waals surface area contributed by atoms with Crippen LogP contribution in [0.4, 0.5) is 9.18 Å². The Balaban J connectivity index is 1.54. The van der Waals surface area contributed by atoms with Gasteiger partial charge in [0.2, 0.25) is 11.8 Å². The zero-order chi connectivity index (χ0) is 31.0. The van der Waals surface area contributed by atoms with E-state index in [4.69, 9.17) is 16.3 Å². The van der Waals surface area contributed by atoms with E-state index < -0.39 is 41.4 Å². The number of hydrogen-bond acceptors (Lipinski definition) is 5. The van der Waals surface area contributed by atoms with Gasteiger partial charge in [0.15, 0.2) is 0 Å². The summed E-state index contributed by atoms with van der Waals surface area (Å²) in [6, 6.07) is 11.2. The van der Waals surface area contributed by atoms with Gasteiger partial charge in [0.1, 0.15) is 24.2 Å². The van der Waals surface area contributed by atoms with Gasteiger partial charge in [-0.2, -0.15) is 0 Å². The van der Waals surface area contributed by atoms with Crippen LogP contribution >= 0.6 is 11.6 Å². The fourth-order valence-electron chi connectivity index (χ4n) is 6.19. The molecule has 3 unspecified atom stereocenters. The third-order valence-electron chi connectivity index (χ3n) is 8.72. The quantitative estimate of drug-likeness (QED) is 0.263. The van der Waals surface area contributed by atoms with E-state index in [1.165, 1.54) is 12.1 Å². The van der Waals surface area contributed by atoms with Crippen LogP contribution < -0.4 is 16.0 Å². The number of alkyl carbamates (subject to hydrolysis) is 1. The van der Waals surface area contributed by atoms with Crippen LogP contribution in [-0.4, -0.2) is 42.8 Å². The molecule has 0 aromatic heterocycles. The number of carbonyl (C=O) groups is 4. The number of benzene rings is 2. The van der Waals surface area contributed by atoms with Crippen molar-refractivity contribution in [2.75, 3.05) is 6.54 Å². The smallest absolute Gasteiger partial charge is 0.408 e. The molecule has 10 heteroatoms. The van der Waals surface area contributed by atoms with Gasteiger partial charge in [0, 0.05) is 22.9 Å². The predicted octanol–water partition coefficient (Wildman–Crippen LogP) is 5.77. The molecule has 4 rings (SSSR count). The summed E-state index contributed by atoms with van der Waals surface area (Å²) in [5, 5.41) is 8.80. The van der Waals surface area contributed by atoms with Gasteiger partial charge < -0.3 is 25.5 Å². The van der Waals surface area contributed by atoms with Gasteiger partial charge in [-0.05, 0) is 60.6 Å². The van der Waals surface area contributed by atoms with Crippen LogP contribution in [0.25, 0.3) is 0 Å². The summed E-state index contributed by atoms with van der Waals surface area (Å²) in [5.74, 6) is -1.16. The Morgan fingerprint density at radius 1 is 1.07 bits per heavy atom. The van der Waals surface area contributed by atoms with Crippen LogP contribution in [0.15, 0.2) is 48.5 Å². The summed E-state index contributed by atoms with van der Waals surface area (Å²) >= 11 is 6.28. The van der Waals surface area contributed by atoms with Gasteiger partial charge in [-0.15, -0.1) is 0 Å². The highest BCUT2D eigenvalue weighted by Crippen LogP contribution is 2.40. The maximum atomic E-state index is 13.8. The lowest BCUT2D eigenvalue weighted by molar-refractivity contribution is -0.127. The first-order chi connectivity index (χ1) is 20.6. The first-order valence-electron chi connectivity index (χ1n) is 15.1. The zero-order valence-corrected chi connectivity index (χ0v) is 25.5. The van der Waals surface area contributed by atoms with E-state index in [-0.39, 0.29) is 24.2 Å². The van der Waals surface area contributed by atoms with E-state index in [1.807, 2.05) is 26.0 Å². The number of halogens is 2. The number of rotatable bonds is 12. The molecule has 3 N–H and O–H groups in total. The van der Waals surface area contributed by atoms with Crippen molar-refractivity contribution >= 4 is 35.8 Å². The number of amides is 3. The zero-order valence-electron chi connectivity index (χ0n) is 24.7. The monoisotopic (exact) mass is 613 g/mol. The fraction of sp³-hybridized carbons (Fsp3) is 0.515. The van der Waals surface area contributed by atoms with Crippen molar-refractivity contribution in [1.82, 2.24) is 16.0 Å². The molecular weight excluding hydrogens is 573 g/mol. The van der Waals surface area contributed by atoms with Crippen molar-refractivity contribution < 1.29 is 28.3 Å². The second kappa shape index (κ2) is 14.8. The van der Waals surface area contributed by atoms with Gasteiger partial charge in [0.25, 0.3) is 0 Å². The molecule has 0 spiro atoms. The topological polar surface area (TPSA) is 114 Å². The Labute approximate surface area is 257 Å². The van der Waals surface area contributed by atoms with Crippen LogP contribution in [0.2, 0.25) is 5.02 Å². The molecule has 43 heavy (non-hydrogen) atoms. The van der Waals surface area contributed by atoms with Crippen LogP contribution in [0.3, 0.4) is 0 Å². The van der Waals surface area contributed by atoms with Crippen LogP contribution in [0.5, 0.6) is 0 Å². The standard InChI is InChI=1S/C33H41ClFN3O5/c1-33(2,24-9-6-10-25(34)19-24)29(22-11-13-26(35)14-12-22)43-32(42)38-28(17-21-7-4-3-5-8-21)31(41)37-27(20-39)18-23-15-16-36-30(23)40/h6,9-14,19-21,23,27-29H,3-5,7-8,15-18H2,1-2H3,(H,36,40)(H,37,41)(H,38,42)/t23-,27?,28?,29?/m0/s1. The van der Waals surface area contributed by atoms with E-state index in [2.05, 4.69) is 16.0 Å². The molecule has 1 aliphatic heterocycles. The molecular formula is C33H41ClFN3O5. The molecule has 1 heterocycles. The summed E-state index contributed by atoms with van der Waals surface area (Å²) in [6.45, 7) is 4.35. The van der Waals surface area contributed by atoms with Gasteiger partial charge in [-0.25, -0.2) is 9.18 Å². The molecule has 0 bridgehead atoms. The Kier molecular flexibility index (Phi) is 11.2. The Bertz CT molecular complexity index is 1280. The molecule has 4 atom stereocenters. The second-order valence-corrected chi connectivity index (χ2v) is 12.7. The number of nitrogens with one attached hydrogen (secondary N) is 3. The van der Waals surface area contributed by atoms with Crippen molar-refractivity contribution in [3.63, 3.8) is 0 Å². The summed E-state index contributed by atoms with van der Waals surface area (Å²) in [5.41, 5.74) is 0.597. The normalized spacial score (nSPS) is 19.5. The first-order valence-corrected chi connectivity index (χ1v) is 15.5. The third-order valence-corrected chi connectivity index (χ3v) is 8.95. The third kappa shape index (κ3) is 8.78. The highest BCUT2D eigenvalue weighted by Gasteiger charge is 2.38. The number of hydrogen-bond donors (Lipinski definition) is 3. The average Bonchev–Trinajstić information content (AvgIpc) is 3.40. The van der Waals surface area contributed by atoms with E-state index in [0.29, 0.717) is 36.3 Å². The molecule has 232 valence electrons. The Hall–Kier alpha value is -3.46. The lowest BCUT2D eigenvalue weighted by Crippen LogP contribution is -2.52. The van der Waals surface area contributed by atoms with Gasteiger partial charge in [-0.1, -0.05) is 81.8 Å². The lowest BCUT2D eigenvalue weighted by Gasteiger charge is -2.35. The SMILES string of the molecule is CC(C)(c1cccc(Cl)c1)C(OC(=O)NC(CC1CCCCC1)C(=O)NC(C=O)C[C@@H]1CCNC1=O)c1ccc(F)cc1. The van der Waals surface area contributed by atoms with Gasteiger partial charge in [0.05, 0.1) is 6.04 Å². The Morgan fingerprint density at radius 2 is 1.79 bits per heavy atom. The maximum absolute atomic E-state index is 13.8. The van der Waals surface area contributed by atoms with E-state index >= 15 is 0 Å². The van der Waals surface area contributed by atoms with Crippen LogP contribution in [0, 0.1) is 17.7 Å². The molecule has 8 nitrogen and oxygen atoms in total. The van der Waals surface area contributed by atoms with Crippen molar-refractivity contribution in [2.45, 2.75) is 88.8 Å². The van der Waals surface area contributed by atoms with Crippen LogP contribution in [0.1, 0.15) is 82.4 Å². The summed E-state index contributed by atoms with van der Waals surface area (Å²) in [7, 11) is 0. The molecule has 3 amide bonds. The van der Waals surface area contributed by atoms with Gasteiger partial charge in [-0.3, -0.25) is 9.59 Å². The minimum Gasteiger partial charge on any atom is -0.440 e. The van der Waals surface area contributed by atoms with Crippen molar-refractivity contribution in [1.29, 1.82) is 0 Å². The molecule has 2 fully saturated rings. The minimum atomic E-state index is -0.946. The highest BCUT2D eigenvalue weighted by atomic mass is 35.5. The first kappa shape index (κ1) is 32.5. The van der Waals surface area contributed by atoms with Crippen molar-refractivity contribution in [3.8, 4) is 0 Å². The summed E-state index contributed by atoms with van der Waals surface area (Å²) in [4.78, 5) is 51.0. The molecule has 2 aliphatic rings. The molecule has 1 saturated carbocycles. The summed E-state index contributed by atoms with van der Waals surface area (Å²) in [6.07, 6.45) is 5.30.